The first-order chi connectivity index (χ1) is 9.20. The molecule has 1 fully saturated rings. The van der Waals surface area contributed by atoms with Crippen LogP contribution in [0.25, 0.3) is 0 Å². The predicted molar refractivity (Wildman–Crippen MR) is 80.1 cm³/mol. The van der Waals surface area contributed by atoms with E-state index in [2.05, 4.69) is 42.0 Å². The first-order valence-corrected chi connectivity index (χ1v) is 7.60. The molecule has 19 heavy (non-hydrogen) atoms. The molecular weight excluding hydrogens is 234 g/mol. The summed E-state index contributed by atoms with van der Waals surface area (Å²) in [6.07, 6.45) is 7.54. The van der Waals surface area contributed by atoms with Crippen LogP contribution in [0.2, 0.25) is 0 Å². The van der Waals surface area contributed by atoms with E-state index in [0.717, 1.165) is 0 Å². The SMILES string of the molecule is CCC1CCN(C(C)c2cccnc2)CCC(C)N1. The van der Waals surface area contributed by atoms with Crippen LogP contribution in [0.1, 0.15) is 51.6 Å². The Bertz CT molecular complexity index is 366. The zero-order chi connectivity index (χ0) is 13.7. The standard InChI is InChI=1S/C16H27N3/c1-4-16-8-11-19(10-7-13(2)18-16)14(3)15-6-5-9-17-12-15/h5-6,9,12-14,16,18H,4,7-8,10-11H2,1-3H3. The third-order valence-corrected chi connectivity index (χ3v) is 4.34. The molecule has 1 aliphatic rings. The van der Waals surface area contributed by atoms with E-state index in [-0.39, 0.29) is 0 Å². The Labute approximate surface area is 117 Å². The summed E-state index contributed by atoms with van der Waals surface area (Å²) in [5.41, 5.74) is 1.33. The first kappa shape index (κ1) is 14.5. The lowest BCUT2D eigenvalue weighted by Gasteiger charge is -2.35. The molecule has 0 saturated carbocycles. The molecule has 2 rings (SSSR count). The van der Waals surface area contributed by atoms with Gasteiger partial charge in [-0.15, -0.1) is 0 Å². The summed E-state index contributed by atoms with van der Waals surface area (Å²) in [7, 11) is 0. The third-order valence-electron chi connectivity index (χ3n) is 4.34. The smallest absolute Gasteiger partial charge is 0.0335 e. The van der Waals surface area contributed by atoms with E-state index in [1.165, 1.54) is 37.9 Å². The van der Waals surface area contributed by atoms with Gasteiger partial charge >= 0.3 is 0 Å². The number of pyridine rings is 1. The quantitative estimate of drug-likeness (QED) is 0.906. The van der Waals surface area contributed by atoms with E-state index in [1.54, 1.807) is 0 Å². The fourth-order valence-corrected chi connectivity index (χ4v) is 2.91. The lowest BCUT2D eigenvalue weighted by molar-refractivity contribution is 0.168. The van der Waals surface area contributed by atoms with Gasteiger partial charge in [-0.2, -0.15) is 0 Å². The minimum atomic E-state index is 0.469. The Balaban J connectivity index is 2.02. The van der Waals surface area contributed by atoms with Gasteiger partial charge in [0.25, 0.3) is 0 Å². The van der Waals surface area contributed by atoms with Crippen LogP contribution >= 0.6 is 0 Å². The van der Waals surface area contributed by atoms with E-state index >= 15 is 0 Å². The van der Waals surface area contributed by atoms with Crippen molar-refractivity contribution < 1.29 is 0 Å². The number of nitrogens with one attached hydrogen (secondary N) is 1. The van der Waals surface area contributed by atoms with Gasteiger partial charge in [0, 0.05) is 43.6 Å². The van der Waals surface area contributed by atoms with Crippen LogP contribution in [0, 0.1) is 0 Å². The molecule has 1 aromatic heterocycles. The molecule has 3 heteroatoms. The third kappa shape index (κ3) is 4.02. The second-order valence-corrected chi connectivity index (χ2v) is 5.75. The van der Waals surface area contributed by atoms with Crippen LogP contribution < -0.4 is 5.32 Å². The van der Waals surface area contributed by atoms with Crippen LogP contribution in [0.4, 0.5) is 0 Å². The van der Waals surface area contributed by atoms with E-state index in [1.807, 2.05) is 18.5 Å². The van der Waals surface area contributed by atoms with Gasteiger partial charge in [0.15, 0.2) is 0 Å². The average Bonchev–Trinajstić information content (AvgIpc) is 2.43. The molecule has 1 aromatic rings. The second kappa shape index (κ2) is 7.01. The molecular formula is C16H27N3. The molecule has 1 saturated heterocycles. The van der Waals surface area contributed by atoms with Crippen molar-refractivity contribution in [2.75, 3.05) is 13.1 Å². The fourth-order valence-electron chi connectivity index (χ4n) is 2.91. The maximum absolute atomic E-state index is 4.25. The Morgan fingerprint density at radius 3 is 2.89 bits per heavy atom. The summed E-state index contributed by atoms with van der Waals surface area (Å²) in [4.78, 5) is 6.86. The molecule has 2 heterocycles. The maximum atomic E-state index is 4.25. The monoisotopic (exact) mass is 261 g/mol. The van der Waals surface area contributed by atoms with Gasteiger partial charge in [-0.3, -0.25) is 9.88 Å². The topological polar surface area (TPSA) is 28.2 Å². The summed E-state index contributed by atoms with van der Waals surface area (Å²) in [5.74, 6) is 0. The highest BCUT2D eigenvalue weighted by Gasteiger charge is 2.21. The van der Waals surface area contributed by atoms with Gasteiger partial charge in [0.1, 0.15) is 0 Å². The predicted octanol–water partition coefficient (Wildman–Crippen LogP) is 3.00. The highest BCUT2D eigenvalue weighted by atomic mass is 15.2. The van der Waals surface area contributed by atoms with Crippen LogP contribution in [-0.2, 0) is 0 Å². The highest BCUT2D eigenvalue weighted by molar-refractivity contribution is 5.13. The average molecular weight is 261 g/mol. The minimum Gasteiger partial charge on any atom is -0.311 e. The number of hydrogen-bond donors (Lipinski definition) is 1. The summed E-state index contributed by atoms with van der Waals surface area (Å²) in [6, 6.07) is 5.98. The summed E-state index contributed by atoms with van der Waals surface area (Å²) in [5, 5.41) is 3.73. The Kier molecular flexibility index (Phi) is 5.34. The lowest BCUT2D eigenvalue weighted by atomic mass is 10.0. The largest absolute Gasteiger partial charge is 0.311 e. The molecule has 106 valence electrons. The highest BCUT2D eigenvalue weighted by Crippen LogP contribution is 2.22. The molecule has 0 aromatic carbocycles. The van der Waals surface area contributed by atoms with Crippen LogP contribution in [-0.4, -0.2) is 35.1 Å². The Hall–Kier alpha value is -0.930. The summed E-state index contributed by atoms with van der Waals surface area (Å²) in [6.45, 7) is 9.23. The van der Waals surface area contributed by atoms with Crippen LogP contribution in [0.15, 0.2) is 24.5 Å². The van der Waals surface area contributed by atoms with E-state index in [9.17, 15) is 0 Å². The molecule has 0 bridgehead atoms. The number of nitrogens with zero attached hydrogens (tertiary/aromatic N) is 2. The number of rotatable bonds is 3. The van der Waals surface area contributed by atoms with Gasteiger partial charge in [-0.1, -0.05) is 13.0 Å². The normalized spacial score (nSPS) is 27.5. The molecule has 0 spiro atoms. The van der Waals surface area contributed by atoms with E-state index < -0.39 is 0 Å². The molecule has 0 amide bonds. The van der Waals surface area contributed by atoms with E-state index in [0.29, 0.717) is 18.1 Å². The Morgan fingerprint density at radius 2 is 2.21 bits per heavy atom. The van der Waals surface area contributed by atoms with Crippen molar-refractivity contribution in [2.24, 2.45) is 0 Å². The zero-order valence-electron chi connectivity index (χ0n) is 12.5. The van der Waals surface area contributed by atoms with Gasteiger partial charge in [0.2, 0.25) is 0 Å². The molecule has 0 radical (unpaired) electrons. The van der Waals surface area contributed by atoms with Gasteiger partial charge in [-0.05, 0) is 44.7 Å². The van der Waals surface area contributed by atoms with Crippen molar-refractivity contribution in [3.8, 4) is 0 Å². The van der Waals surface area contributed by atoms with Gasteiger partial charge in [0.05, 0.1) is 0 Å². The first-order valence-electron chi connectivity index (χ1n) is 7.60. The second-order valence-electron chi connectivity index (χ2n) is 5.75. The van der Waals surface area contributed by atoms with Gasteiger partial charge < -0.3 is 5.32 Å². The number of aromatic nitrogens is 1. The maximum Gasteiger partial charge on any atom is 0.0335 e. The van der Waals surface area contributed by atoms with Crippen molar-refractivity contribution in [3.05, 3.63) is 30.1 Å². The fraction of sp³-hybridized carbons (Fsp3) is 0.688. The van der Waals surface area contributed by atoms with E-state index in [4.69, 9.17) is 0 Å². The molecule has 1 aliphatic heterocycles. The van der Waals surface area contributed by atoms with Crippen molar-refractivity contribution in [2.45, 2.75) is 58.2 Å². The minimum absolute atomic E-state index is 0.469. The zero-order valence-corrected chi connectivity index (χ0v) is 12.5. The van der Waals surface area contributed by atoms with Crippen molar-refractivity contribution in [3.63, 3.8) is 0 Å². The molecule has 3 nitrogen and oxygen atoms in total. The lowest BCUT2D eigenvalue weighted by Crippen LogP contribution is -2.44. The summed E-state index contributed by atoms with van der Waals surface area (Å²) >= 11 is 0. The van der Waals surface area contributed by atoms with Gasteiger partial charge in [-0.25, -0.2) is 0 Å². The molecule has 1 N–H and O–H groups in total. The van der Waals surface area contributed by atoms with Crippen LogP contribution in [0.3, 0.4) is 0 Å². The van der Waals surface area contributed by atoms with Crippen molar-refractivity contribution >= 4 is 0 Å². The summed E-state index contributed by atoms with van der Waals surface area (Å²) < 4.78 is 0. The number of hydrogen-bond acceptors (Lipinski definition) is 3. The van der Waals surface area contributed by atoms with Crippen molar-refractivity contribution in [1.82, 2.24) is 15.2 Å². The molecule has 3 unspecified atom stereocenters. The Morgan fingerprint density at radius 1 is 1.42 bits per heavy atom. The van der Waals surface area contributed by atoms with Crippen LogP contribution in [0.5, 0.6) is 0 Å². The van der Waals surface area contributed by atoms with Crippen molar-refractivity contribution in [1.29, 1.82) is 0 Å². The molecule has 3 atom stereocenters. The molecule has 0 aliphatic carbocycles.